The summed E-state index contributed by atoms with van der Waals surface area (Å²) in [5.41, 5.74) is 0.115. The second-order valence-corrected chi connectivity index (χ2v) is 7.95. The first kappa shape index (κ1) is 18.4. The van der Waals surface area contributed by atoms with Gasteiger partial charge in [0.1, 0.15) is 0 Å². The molecule has 0 bridgehead atoms. The van der Waals surface area contributed by atoms with Crippen molar-refractivity contribution in [3.05, 3.63) is 52.5 Å². The predicted molar refractivity (Wildman–Crippen MR) is 93.0 cm³/mol. The molecule has 0 amide bonds. The van der Waals surface area contributed by atoms with Crippen LogP contribution in [0.25, 0.3) is 0 Å². The highest BCUT2D eigenvalue weighted by Gasteiger charge is 2.23. The molecule has 0 N–H and O–H groups in total. The molecule has 8 heteroatoms. The molecule has 0 aliphatic rings. The number of halogens is 1. The van der Waals surface area contributed by atoms with Crippen molar-refractivity contribution in [3.63, 3.8) is 0 Å². The molecule has 128 valence electrons. The van der Waals surface area contributed by atoms with E-state index in [1.807, 2.05) is 0 Å². The summed E-state index contributed by atoms with van der Waals surface area (Å²) in [5.74, 6) is -0.0174. The number of benzene rings is 2. The van der Waals surface area contributed by atoms with Gasteiger partial charge in [0.2, 0.25) is 10.0 Å². The van der Waals surface area contributed by atoms with Crippen LogP contribution in [-0.2, 0) is 10.0 Å². The number of nitrogens with zero attached hydrogens (tertiary/aromatic N) is 1. The van der Waals surface area contributed by atoms with Gasteiger partial charge in [0, 0.05) is 18.6 Å². The van der Waals surface area contributed by atoms with Gasteiger partial charge in [0.05, 0.1) is 17.6 Å². The molecular weight excluding hydrogens is 398 g/mol. The van der Waals surface area contributed by atoms with Crippen molar-refractivity contribution in [1.82, 2.24) is 4.31 Å². The Kier molecular flexibility index (Phi) is 5.63. The monoisotopic (exact) mass is 413 g/mol. The van der Waals surface area contributed by atoms with E-state index in [1.165, 1.54) is 39.4 Å². The van der Waals surface area contributed by atoms with Crippen LogP contribution in [0.1, 0.15) is 10.4 Å². The normalized spacial score (nSPS) is 11.4. The van der Waals surface area contributed by atoms with Gasteiger partial charge in [-0.2, -0.15) is 0 Å². The molecule has 0 unspecified atom stereocenters. The van der Waals surface area contributed by atoms with Crippen molar-refractivity contribution in [3.8, 4) is 11.5 Å². The molecule has 2 aromatic rings. The number of esters is 1. The lowest BCUT2D eigenvalue weighted by molar-refractivity contribution is 0.0729. The third kappa shape index (κ3) is 3.77. The van der Waals surface area contributed by atoms with Gasteiger partial charge < -0.3 is 9.47 Å². The molecule has 0 fully saturated rings. The number of ether oxygens (including phenoxy) is 2. The van der Waals surface area contributed by atoms with E-state index in [2.05, 4.69) is 15.9 Å². The smallest absolute Gasteiger partial charge is 0.343 e. The first-order valence-electron chi connectivity index (χ1n) is 6.84. The molecule has 0 aliphatic heterocycles. The van der Waals surface area contributed by atoms with Crippen LogP contribution < -0.4 is 9.47 Å². The van der Waals surface area contributed by atoms with Gasteiger partial charge >= 0.3 is 5.97 Å². The average molecular weight is 414 g/mol. The molecule has 6 nitrogen and oxygen atoms in total. The number of methoxy groups -OCH3 is 1. The van der Waals surface area contributed by atoms with Crippen molar-refractivity contribution in [2.24, 2.45) is 0 Å². The first-order valence-corrected chi connectivity index (χ1v) is 9.08. The lowest BCUT2D eigenvalue weighted by Crippen LogP contribution is -2.23. The van der Waals surface area contributed by atoms with Gasteiger partial charge in [-0.15, -0.1) is 0 Å². The minimum absolute atomic E-state index is 0.0121. The third-order valence-electron chi connectivity index (χ3n) is 3.20. The Balaban J connectivity index is 2.38. The zero-order valence-corrected chi connectivity index (χ0v) is 15.7. The fraction of sp³-hybridized carbons (Fsp3) is 0.188. The second kappa shape index (κ2) is 7.33. The topological polar surface area (TPSA) is 72.9 Å². The highest BCUT2D eigenvalue weighted by atomic mass is 79.9. The summed E-state index contributed by atoms with van der Waals surface area (Å²) in [6.07, 6.45) is 0. The van der Waals surface area contributed by atoms with Crippen LogP contribution in [0.15, 0.2) is 51.8 Å². The maximum absolute atomic E-state index is 12.3. The predicted octanol–water partition coefficient (Wildman–Crippen LogP) is 2.93. The highest BCUT2D eigenvalue weighted by Crippen LogP contribution is 2.28. The minimum atomic E-state index is -3.70. The lowest BCUT2D eigenvalue weighted by atomic mass is 10.2. The SMILES string of the molecule is COc1ccccc1OC(=O)c1ccc(Br)c(S(=O)(=O)N(C)C)c1. The zero-order chi connectivity index (χ0) is 17.9. The van der Waals surface area contributed by atoms with Crippen molar-refractivity contribution < 1.29 is 22.7 Å². The molecule has 0 aromatic heterocycles. The lowest BCUT2D eigenvalue weighted by Gasteiger charge is -2.14. The molecular formula is C16H16BrNO5S. The Labute approximate surface area is 149 Å². The number of sulfonamides is 1. The van der Waals surface area contributed by atoms with Crippen molar-refractivity contribution in [2.45, 2.75) is 4.90 Å². The van der Waals surface area contributed by atoms with Gasteiger partial charge in [-0.05, 0) is 46.3 Å². The average Bonchev–Trinajstić information content (AvgIpc) is 2.55. The van der Waals surface area contributed by atoms with Crippen molar-refractivity contribution in [1.29, 1.82) is 0 Å². The molecule has 2 rings (SSSR count). The van der Waals surface area contributed by atoms with Crippen molar-refractivity contribution >= 4 is 31.9 Å². The summed E-state index contributed by atoms with van der Waals surface area (Å²) < 4.78 is 36.5. The van der Waals surface area contributed by atoms with Gasteiger partial charge in [0.15, 0.2) is 11.5 Å². The molecule has 0 radical (unpaired) electrons. The van der Waals surface area contributed by atoms with E-state index in [0.717, 1.165) is 4.31 Å². The van der Waals surface area contributed by atoms with Crippen LogP contribution in [-0.4, -0.2) is 39.9 Å². The Bertz CT molecular complexity index is 865. The molecule has 0 aliphatic carbocycles. The van der Waals surface area contributed by atoms with Gasteiger partial charge in [-0.1, -0.05) is 12.1 Å². The highest BCUT2D eigenvalue weighted by molar-refractivity contribution is 9.10. The van der Waals surface area contributed by atoms with Crippen LogP contribution in [0.4, 0.5) is 0 Å². The second-order valence-electron chi connectivity index (χ2n) is 4.97. The third-order valence-corrected chi connectivity index (χ3v) is 6.01. The standard InChI is InChI=1S/C16H16BrNO5S/c1-18(2)24(20,21)15-10-11(8-9-12(15)17)16(19)23-14-7-5-4-6-13(14)22-3/h4-10H,1-3H3. The van der Waals surface area contributed by atoms with Crippen LogP contribution in [0.2, 0.25) is 0 Å². The summed E-state index contributed by atoms with van der Waals surface area (Å²) in [4.78, 5) is 12.3. The Hall–Kier alpha value is -1.90. The molecule has 0 saturated carbocycles. The quantitative estimate of drug-likeness (QED) is 0.556. The summed E-state index contributed by atoms with van der Waals surface area (Å²) in [6.45, 7) is 0. The number of rotatable bonds is 5. The first-order chi connectivity index (χ1) is 11.3. The van der Waals surface area contributed by atoms with E-state index in [4.69, 9.17) is 9.47 Å². The summed E-state index contributed by atoms with van der Waals surface area (Å²) in [7, 11) is 0.608. The number of carbonyl (C=O) groups excluding carboxylic acids is 1. The molecule has 0 spiro atoms. The molecule has 24 heavy (non-hydrogen) atoms. The number of hydrogen-bond acceptors (Lipinski definition) is 5. The van der Waals surface area contributed by atoms with E-state index < -0.39 is 16.0 Å². The minimum Gasteiger partial charge on any atom is -0.493 e. The zero-order valence-electron chi connectivity index (χ0n) is 13.3. The van der Waals surface area contributed by atoms with E-state index in [-0.39, 0.29) is 16.2 Å². The van der Waals surface area contributed by atoms with Crippen molar-refractivity contribution in [2.75, 3.05) is 21.2 Å². The Morgan fingerprint density at radius 1 is 1.08 bits per heavy atom. The van der Waals surface area contributed by atoms with E-state index in [0.29, 0.717) is 10.2 Å². The molecule has 0 atom stereocenters. The van der Waals surface area contributed by atoms with E-state index in [9.17, 15) is 13.2 Å². The van der Waals surface area contributed by atoms with Crippen LogP contribution in [0, 0.1) is 0 Å². The van der Waals surface area contributed by atoms with Gasteiger partial charge in [-0.3, -0.25) is 0 Å². The van der Waals surface area contributed by atoms with Crippen LogP contribution >= 0.6 is 15.9 Å². The number of carbonyl (C=O) groups is 1. The van der Waals surface area contributed by atoms with E-state index >= 15 is 0 Å². The van der Waals surface area contributed by atoms with Crippen LogP contribution in [0.5, 0.6) is 11.5 Å². The van der Waals surface area contributed by atoms with Gasteiger partial charge in [-0.25, -0.2) is 17.5 Å². The van der Waals surface area contributed by atoms with Gasteiger partial charge in [0.25, 0.3) is 0 Å². The number of para-hydroxylation sites is 2. The molecule has 0 heterocycles. The fourth-order valence-corrected chi connectivity index (χ4v) is 3.73. The largest absolute Gasteiger partial charge is 0.493 e. The Morgan fingerprint density at radius 3 is 2.29 bits per heavy atom. The maximum atomic E-state index is 12.3. The molecule has 2 aromatic carbocycles. The summed E-state index contributed by atoms with van der Waals surface area (Å²) in [5, 5.41) is 0. The van der Waals surface area contributed by atoms with E-state index in [1.54, 1.807) is 24.3 Å². The van der Waals surface area contributed by atoms with Crippen LogP contribution in [0.3, 0.4) is 0 Å². The maximum Gasteiger partial charge on any atom is 0.343 e. The Morgan fingerprint density at radius 2 is 1.71 bits per heavy atom. The summed E-state index contributed by atoms with van der Waals surface area (Å²) in [6, 6.07) is 11.0. The summed E-state index contributed by atoms with van der Waals surface area (Å²) >= 11 is 3.20. The molecule has 0 saturated heterocycles. The number of hydrogen-bond donors (Lipinski definition) is 0. The fourth-order valence-electron chi connectivity index (χ4n) is 1.89.